The molecule has 9 aromatic rings. The normalized spacial score (nSPS) is 14.0. The van der Waals surface area contributed by atoms with Crippen LogP contribution in [-0.2, 0) is 10.8 Å². The third-order valence-electron chi connectivity index (χ3n) is 12.4. The number of benzene rings is 8. The minimum atomic E-state index is -0.408. The van der Waals surface area contributed by atoms with Gasteiger partial charge in [0.2, 0.25) is 0 Å². The van der Waals surface area contributed by atoms with Crippen LogP contribution in [0.25, 0.3) is 67.5 Å². The molecule has 3 heteroatoms. The Morgan fingerprint density at radius 3 is 1.12 bits per heavy atom. The monoisotopic (exact) mass is 741 g/mol. The van der Waals surface area contributed by atoms with Crippen LogP contribution in [0.4, 0.5) is 0 Å². The van der Waals surface area contributed by atoms with E-state index in [1.807, 2.05) is 60.7 Å². The Morgan fingerprint density at radius 1 is 0.276 bits per heavy atom. The molecule has 0 unspecified atom stereocenters. The van der Waals surface area contributed by atoms with Crippen LogP contribution in [0.15, 0.2) is 200 Å². The molecule has 0 N–H and O–H groups in total. The number of nitrogens with zero attached hydrogens (tertiary/aromatic N) is 3. The fourth-order valence-corrected chi connectivity index (χ4v) is 9.64. The van der Waals surface area contributed by atoms with E-state index in [0.717, 1.165) is 27.8 Å². The summed E-state index contributed by atoms with van der Waals surface area (Å²) in [6.07, 6.45) is 0. The number of hydrogen-bond acceptors (Lipinski definition) is 3. The van der Waals surface area contributed by atoms with Crippen molar-refractivity contribution >= 4 is 0 Å². The predicted molar refractivity (Wildman–Crippen MR) is 236 cm³/mol. The molecule has 2 aliphatic carbocycles. The van der Waals surface area contributed by atoms with E-state index in [4.69, 9.17) is 15.0 Å². The molecule has 0 atom stereocenters. The fourth-order valence-electron chi connectivity index (χ4n) is 9.64. The molecule has 274 valence electrons. The van der Waals surface area contributed by atoms with Crippen molar-refractivity contribution in [3.8, 4) is 67.5 Å². The average molecular weight is 742 g/mol. The molecule has 1 heterocycles. The van der Waals surface area contributed by atoms with E-state index in [1.165, 1.54) is 55.6 Å². The van der Waals surface area contributed by atoms with Gasteiger partial charge in [0.25, 0.3) is 0 Å². The van der Waals surface area contributed by atoms with Crippen LogP contribution in [0, 0.1) is 0 Å². The molecule has 0 aliphatic heterocycles. The molecule has 0 bridgehead atoms. The van der Waals surface area contributed by atoms with Crippen LogP contribution in [0.5, 0.6) is 0 Å². The Hall–Kier alpha value is -7.23. The zero-order valence-corrected chi connectivity index (χ0v) is 32.4. The second-order valence-corrected chi connectivity index (χ2v) is 16.0. The topological polar surface area (TPSA) is 38.7 Å². The average Bonchev–Trinajstić information content (AvgIpc) is 3.59. The Bertz CT molecular complexity index is 2890. The smallest absolute Gasteiger partial charge is 0.164 e. The maximum absolute atomic E-state index is 4.93. The summed E-state index contributed by atoms with van der Waals surface area (Å²) >= 11 is 0. The number of hydrogen-bond donors (Lipinski definition) is 0. The molecule has 1 spiro atoms. The zero-order valence-electron chi connectivity index (χ0n) is 32.4. The lowest BCUT2D eigenvalue weighted by Gasteiger charge is -2.46. The maximum atomic E-state index is 4.93. The van der Waals surface area contributed by atoms with Gasteiger partial charge >= 0.3 is 0 Å². The van der Waals surface area contributed by atoms with E-state index in [2.05, 4.69) is 153 Å². The summed E-state index contributed by atoms with van der Waals surface area (Å²) in [7, 11) is 0. The Kier molecular flexibility index (Phi) is 7.74. The van der Waals surface area contributed by atoms with Crippen molar-refractivity contribution in [2.45, 2.75) is 24.7 Å². The first kappa shape index (κ1) is 34.1. The van der Waals surface area contributed by atoms with Gasteiger partial charge in [0.1, 0.15) is 0 Å². The zero-order chi connectivity index (χ0) is 38.8. The number of rotatable bonds is 5. The highest BCUT2D eigenvalue weighted by Gasteiger charge is 2.53. The van der Waals surface area contributed by atoms with Crippen molar-refractivity contribution in [2.24, 2.45) is 0 Å². The lowest BCUT2D eigenvalue weighted by atomic mass is 9.55. The maximum Gasteiger partial charge on any atom is 0.164 e. The van der Waals surface area contributed by atoms with Gasteiger partial charge < -0.3 is 0 Å². The summed E-state index contributed by atoms with van der Waals surface area (Å²) in [4.78, 5) is 14.7. The van der Waals surface area contributed by atoms with Gasteiger partial charge in [0, 0.05) is 22.1 Å². The van der Waals surface area contributed by atoms with E-state index in [1.54, 1.807) is 0 Å². The first-order valence-corrected chi connectivity index (χ1v) is 20.0. The second kappa shape index (κ2) is 13.2. The minimum Gasteiger partial charge on any atom is -0.208 e. The fraction of sp³-hybridized carbons (Fsp3) is 0.0727. The molecule has 8 aromatic carbocycles. The predicted octanol–water partition coefficient (Wildman–Crippen LogP) is 13.2. The summed E-state index contributed by atoms with van der Waals surface area (Å²) in [6.45, 7) is 4.75. The summed E-state index contributed by atoms with van der Waals surface area (Å²) in [5.41, 5.74) is 17.9. The van der Waals surface area contributed by atoms with Gasteiger partial charge in [-0.1, -0.05) is 208 Å². The number of fused-ring (bicyclic) bond motifs is 9. The SMILES string of the molecule is CC1(C)c2ccccc2C2(c3ccccc3-c3ccc(-c4ccc(-c5ccc(-c6nc(-c7ccccc7)nc(-c7ccccc7)n6)cc5)cc4)cc32)c2ccccc21. The van der Waals surface area contributed by atoms with Crippen molar-refractivity contribution in [2.75, 3.05) is 0 Å². The third-order valence-corrected chi connectivity index (χ3v) is 12.4. The molecule has 0 saturated heterocycles. The van der Waals surface area contributed by atoms with Gasteiger partial charge in [-0.05, 0) is 72.8 Å². The first-order valence-electron chi connectivity index (χ1n) is 20.0. The van der Waals surface area contributed by atoms with Crippen molar-refractivity contribution in [1.29, 1.82) is 0 Å². The van der Waals surface area contributed by atoms with Gasteiger partial charge in [-0.3, -0.25) is 0 Å². The highest BCUT2D eigenvalue weighted by molar-refractivity contribution is 5.90. The van der Waals surface area contributed by atoms with Crippen molar-refractivity contribution < 1.29 is 0 Å². The molecular formula is C55H39N3. The standard InChI is InChI=1S/C55H39N3/c1-54(2)46-21-11-13-23-48(46)55(49-24-14-12-22-47(49)54)45-20-10-9-19-43(45)44-34-33-42(35-50(44)55)38-27-25-36(26-28-38)37-29-31-41(32-30-37)53-57-51(39-15-5-3-6-16-39)56-52(58-53)40-17-7-4-8-18-40/h3-35H,1-2H3. The molecule has 0 amide bonds. The van der Waals surface area contributed by atoms with Crippen LogP contribution in [0.3, 0.4) is 0 Å². The lowest BCUT2D eigenvalue weighted by molar-refractivity contribution is 0.563. The van der Waals surface area contributed by atoms with E-state index in [0.29, 0.717) is 17.5 Å². The van der Waals surface area contributed by atoms with Gasteiger partial charge in [0.05, 0.1) is 5.41 Å². The summed E-state index contributed by atoms with van der Waals surface area (Å²) in [5.74, 6) is 1.97. The Balaban J connectivity index is 0.964. The number of aromatic nitrogens is 3. The molecule has 1 aromatic heterocycles. The van der Waals surface area contributed by atoms with Crippen LogP contribution >= 0.6 is 0 Å². The third kappa shape index (κ3) is 5.17. The van der Waals surface area contributed by atoms with Gasteiger partial charge in [-0.2, -0.15) is 0 Å². The highest BCUT2D eigenvalue weighted by atomic mass is 15.0. The highest BCUT2D eigenvalue weighted by Crippen LogP contribution is 2.62. The van der Waals surface area contributed by atoms with Crippen LogP contribution in [0.1, 0.15) is 47.2 Å². The van der Waals surface area contributed by atoms with Gasteiger partial charge in [0.15, 0.2) is 17.5 Å². The summed E-state index contributed by atoms with van der Waals surface area (Å²) in [6, 6.07) is 72.2. The van der Waals surface area contributed by atoms with E-state index in [9.17, 15) is 0 Å². The van der Waals surface area contributed by atoms with Crippen molar-refractivity contribution in [1.82, 2.24) is 15.0 Å². The van der Waals surface area contributed by atoms with E-state index in [-0.39, 0.29) is 5.41 Å². The van der Waals surface area contributed by atoms with Gasteiger partial charge in [-0.15, -0.1) is 0 Å². The minimum absolute atomic E-state index is 0.122. The first-order chi connectivity index (χ1) is 28.5. The van der Waals surface area contributed by atoms with E-state index < -0.39 is 5.41 Å². The quantitative estimate of drug-likeness (QED) is 0.176. The van der Waals surface area contributed by atoms with Crippen LogP contribution in [-0.4, -0.2) is 15.0 Å². The molecular weight excluding hydrogens is 703 g/mol. The molecule has 11 rings (SSSR count). The Labute approximate surface area is 339 Å². The molecule has 0 radical (unpaired) electrons. The van der Waals surface area contributed by atoms with Crippen LogP contribution < -0.4 is 0 Å². The van der Waals surface area contributed by atoms with Crippen molar-refractivity contribution in [3.05, 3.63) is 234 Å². The molecule has 58 heavy (non-hydrogen) atoms. The van der Waals surface area contributed by atoms with E-state index >= 15 is 0 Å². The second-order valence-electron chi connectivity index (χ2n) is 16.0. The lowest BCUT2D eigenvalue weighted by Crippen LogP contribution is -2.40. The molecule has 3 nitrogen and oxygen atoms in total. The van der Waals surface area contributed by atoms with Crippen LogP contribution in [0.2, 0.25) is 0 Å². The molecule has 0 saturated carbocycles. The molecule has 0 fully saturated rings. The summed E-state index contributed by atoms with van der Waals surface area (Å²) < 4.78 is 0. The largest absolute Gasteiger partial charge is 0.208 e. The molecule has 2 aliphatic rings. The van der Waals surface area contributed by atoms with Gasteiger partial charge in [-0.25, -0.2) is 15.0 Å². The Morgan fingerprint density at radius 2 is 0.621 bits per heavy atom. The van der Waals surface area contributed by atoms with Crippen molar-refractivity contribution in [3.63, 3.8) is 0 Å². The summed E-state index contributed by atoms with van der Waals surface area (Å²) in [5, 5.41) is 0.